The molecule has 2 heterocycles. The Hall–Kier alpha value is -0.480. The molecule has 2 rings (SSSR count). The molecule has 2 unspecified atom stereocenters. The first-order chi connectivity index (χ1) is 8.13. The molecule has 0 aromatic carbocycles. The Morgan fingerprint density at radius 2 is 2.29 bits per heavy atom. The van der Waals surface area contributed by atoms with E-state index in [1.165, 1.54) is 34.9 Å². The van der Waals surface area contributed by atoms with Gasteiger partial charge >= 0.3 is 0 Å². The molecule has 1 aliphatic rings. The third kappa shape index (κ3) is 2.68. The Morgan fingerprint density at radius 1 is 1.53 bits per heavy atom. The highest BCUT2D eigenvalue weighted by Gasteiger charge is 2.22. The van der Waals surface area contributed by atoms with Crippen molar-refractivity contribution in [2.75, 3.05) is 11.5 Å². The van der Waals surface area contributed by atoms with Crippen LogP contribution in [0, 0.1) is 13.8 Å². The van der Waals surface area contributed by atoms with Crippen molar-refractivity contribution in [3.63, 3.8) is 0 Å². The lowest BCUT2D eigenvalue weighted by Crippen LogP contribution is -2.31. The lowest BCUT2D eigenvalue weighted by Gasteiger charge is -2.19. The molecule has 4 heteroatoms. The zero-order valence-corrected chi connectivity index (χ0v) is 12.1. The van der Waals surface area contributed by atoms with Crippen LogP contribution in [0.5, 0.6) is 0 Å². The third-order valence-electron chi connectivity index (χ3n) is 3.59. The van der Waals surface area contributed by atoms with Crippen molar-refractivity contribution in [2.45, 2.75) is 52.7 Å². The number of aryl methyl sites for hydroxylation is 2. The second kappa shape index (κ2) is 5.44. The van der Waals surface area contributed by atoms with Crippen molar-refractivity contribution in [3.05, 3.63) is 17.0 Å². The van der Waals surface area contributed by atoms with Gasteiger partial charge < -0.3 is 5.32 Å². The van der Waals surface area contributed by atoms with E-state index in [2.05, 4.69) is 54.6 Å². The van der Waals surface area contributed by atoms with Crippen LogP contribution in [-0.4, -0.2) is 27.3 Å². The predicted octanol–water partition coefficient (Wildman–Crippen LogP) is 2.68. The van der Waals surface area contributed by atoms with Gasteiger partial charge in [-0.3, -0.25) is 4.68 Å². The third-order valence-corrected chi connectivity index (χ3v) is 4.75. The van der Waals surface area contributed by atoms with E-state index in [9.17, 15) is 0 Å². The van der Waals surface area contributed by atoms with Crippen molar-refractivity contribution in [2.24, 2.45) is 0 Å². The highest BCUT2D eigenvalue weighted by Crippen LogP contribution is 2.25. The van der Waals surface area contributed by atoms with E-state index in [4.69, 9.17) is 0 Å². The second-order valence-corrected chi connectivity index (χ2v) is 6.00. The molecule has 1 aliphatic heterocycles. The molecule has 1 N–H and O–H groups in total. The lowest BCUT2D eigenvalue weighted by molar-refractivity contribution is 0.482. The van der Waals surface area contributed by atoms with Crippen molar-refractivity contribution in [1.29, 1.82) is 0 Å². The van der Waals surface area contributed by atoms with Gasteiger partial charge in [0.1, 0.15) is 0 Å². The van der Waals surface area contributed by atoms with Crippen LogP contribution in [0.3, 0.4) is 0 Å². The van der Waals surface area contributed by atoms with Gasteiger partial charge in [-0.1, -0.05) is 0 Å². The van der Waals surface area contributed by atoms with Crippen molar-refractivity contribution >= 4 is 11.8 Å². The average Bonchev–Trinajstić information content (AvgIpc) is 2.87. The van der Waals surface area contributed by atoms with Crippen LogP contribution < -0.4 is 5.32 Å². The number of rotatable bonds is 4. The van der Waals surface area contributed by atoms with Gasteiger partial charge in [0.15, 0.2) is 0 Å². The van der Waals surface area contributed by atoms with Gasteiger partial charge in [-0.2, -0.15) is 16.9 Å². The molecular weight excluding hydrogens is 230 g/mol. The quantitative estimate of drug-likeness (QED) is 0.894. The van der Waals surface area contributed by atoms with Crippen LogP contribution in [-0.2, 0) is 6.54 Å². The molecule has 0 amide bonds. The van der Waals surface area contributed by atoms with Crippen LogP contribution in [0.1, 0.15) is 43.3 Å². The molecule has 1 aromatic heterocycles. The monoisotopic (exact) mass is 253 g/mol. The molecule has 0 radical (unpaired) electrons. The van der Waals surface area contributed by atoms with Gasteiger partial charge in [-0.25, -0.2) is 0 Å². The fourth-order valence-electron chi connectivity index (χ4n) is 2.75. The van der Waals surface area contributed by atoms with E-state index in [1.807, 2.05) is 0 Å². The van der Waals surface area contributed by atoms with Gasteiger partial charge in [-0.15, -0.1) is 0 Å². The average molecular weight is 253 g/mol. The Morgan fingerprint density at radius 3 is 2.82 bits per heavy atom. The first-order valence-electron chi connectivity index (χ1n) is 6.51. The van der Waals surface area contributed by atoms with Crippen molar-refractivity contribution in [3.8, 4) is 0 Å². The van der Waals surface area contributed by atoms with Crippen LogP contribution in [0.25, 0.3) is 0 Å². The topological polar surface area (TPSA) is 29.9 Å². The smallest absolute Gasteiger partial charge is 0.0644 e. The summed E-state index contributed by atoms with van der Waals surface area (Å²) < 4.78 is 2.10. The maximum absolute atomic E-state index is 4.60. The molecule has 1 fully saturated rings. The lowest BCUT2D eigenvalue weighted by atomic mass is 10.1. The second-order valence-electron chi connectivity index (χ2n) is 4.85. The highest BCUT2D eigenvalue weighted by molar-refractivity contribution is 7.99. The summed E-state index contributed by atoms with van der Waals surface area (Å²) in [6, 6.07) is 1.10. The molecule has 1 saturated heterocycles. The fraction of sp³-hybridized carbons (Fsp3) is 0.769. The molecule has 96 valence electrons. The zero-order chi connectivity index (χ0) is 12.4. The minimum Gasteiger partial charge on any atom is -0.306 e. The Kier molecular flexibility index (Phi) is 4.15. The molecule has 17 heavy (non-hydrogen) atoms. The highest BCUT2D eigenvalue weighted by atomic mass is 32.2. The fourth-order valence-corrected chi connectivity index (χ4v) is 3.91. The SMILES string of the molecule is CCn1nc(C)c(C(C)NC2CCSC2)c1C. The van der Waals surface area contributed by atoms with Gasteiger partial charge in [0.25, 0.3) is 0 Å². The normalized spacial score (nSPS) is 22.0. The maximum atomic E-state index is 4.60. The summed E-state index contributed by atoms with van der Waals surface area (Å²) in [5, 5.41) is 8.34. The van der Waals surface area contributed by atoms with Gasteiger partial charge in [0.2, 0.25) is 0 Å². The Labute approximate surface area is 108 Å². The maximum Gasteiger partial charge on any atom is 0.0644 e. The largest absolute Gasteiger partial charge is 0.306 e. The van der Waals surface area contributed by atoms with Gasteiger partial charge in [0, 0.05) is 35.6 Å². The number of aromatic nitrogens is 2. The summed E-state index contributed by atoms with van der Waals surface area (Å²) in [5.74, 6) is 2.56. The van der Waals surface area contributed by atoms with E-state index < -0.39 is 0 Å². The van der Waals surface area contributed by atoms with E-state index in [-0.39, 0.29) is 0 Å². The first-order valence-corrected chi connectivity index (χ1v) is 7.66. The Bertz CT molecular complexity index is 380. The summed E-state index contributed by atoms with van der Waals surface area (Å²) in [6.07, 6.45) is 1.30. The van der Waals surface area contributed by atoms with E-state index in [1.54, 1.807) is 0 Å². The summed E-state index contributed by atoms with van der Waals surface area (Å²) in [7, 11) is 0. The summed E-state index contributed by atoms with van der Waals surface area (Å²) in [6.45, 7) is 9.67. The Balaban J connectivity index is 2.12. The minimum atomic E-state index is 0.416. The van der Waals surface area contributed by atoms with E-state index in [0.717, 1.165) is 6.54 Å². The number of hydrogen-bond donors (Lipinski definition) is 1. The molecule has 0 spiro atoms. The van der Waals surface area contributed by atoms with E-state index in [0.29, 0.717) is 12.1 Å². The van der Waals surface area contributed by atoms with Crippen LogP contribution in [0.2, 0.25) is 0 Å². The molecule has 1 aromatic rings. The van der Waals surface area contributed by atoms with E-state index >= 15 is 0 Å². The predicted molar refractivity (Wildman–Crippen MR) is 74.7 cm³/mol. The van der Waals surface area contributed by atoms with Crippen LogP contribution >= 0.6 is 11.8 Å². The van der Waals surface area contributed by atoms with Crippen molar-refractivity contribution < 1.29 is 0 Å². The van der Waals surface area contributed by atoms with Gasteiger partial charge in [-0.05, 0) is 39.9 Å². The number of nitrogens with zero attached hydrogens (tertiary/aromatic N) is 2. The zero-order valence-electron chi connectivity index (χ0n) is 11.3. The van der Waals surface area contributed by atoms with Gasteiger partial charge in [0.05, 0.1) is 5.69 Å². The molecule has 0 bridgehead atoms. The number of thioether (sulfide) groups is 1. The standard InChI is InChI=1S/C13H23N3S/c1-5-16-11(4)13(10(3)15-16)9(2)14-12-6-7-17-8-12/h9,12,14H,5-8H2,1-4H3. The number of hydrogen-bond acceptors (Lipinski definition) is 3. The summed E-state index contributed by atoms with van der Waals surface area (Å²) >= 11 is 2.05. The number of nitrogens with one attached hydrogen (secondary N) is 1. The first kappa shape index (κ1) is 13.0. The molecule has 3 nitrogen and oxygen atoms in total. The van der Waals surface area contributed by atoms with Crippen molar-refractivity contribution in [1.82, 2.24) is 15.1 Å². The van der Waals surface area contributed by atoms with Crippen LogP contribution in [0.4, 0.5) is 0 Å². The summed E-state index contributed by atoms with van der Waals surface area (Å²) in [5.41, 5.74) is 3.88. The molecule has 2 atom stereocenters. The minimum absolute atomic E-state index is 0.416. The molecule has 0 aliphatic carbocycles. The van der Waals surface area contributed by atoms with Crippen LogP contribution in [0.15, 0.2) is 0 Å². The summed E-state index contributed by atoms with van der Waals surface area (Å²) in [4.78, 5) is 0. The molecular formula is C13H23N3S. The molecule has 0 saturated carbocycles.